The van der Waals surface area contributed by atoms with Gasteiger partial charge in [0.1, 0.15) is 12.4 Å². The van der Waals surface area contributed by atoms with Crippen LogP contribution >= 0.6 is 11.8 Å². The highest BCUT2D eigenvalue weighted by Crippen LogP contribution is 2.44. The number of rotatable bonds is 6. The van der Waals surface area contributed by atoms with Crippen molar-refractivity contribution in [2.75, 3.05) is 17.4 Å². The first-order valence-electron chi connectivity index (χ1n) is 11.8. The van der Waals surface area contributed by atoms with Gasteiger partial charge in [-0.25, -0.2) is 0 Å². The third-order valence-electron chi connectivity index (χ3n) is 6.52. The lowest BCUT2D eigenvalue weighted by atomic mass is 9.86. The van der Waals surface area contributed by atoms with E-state index in [2.05, 4.69) is 30.0 Å². The molecule has 0 aromatic heterocycles. The predicted octanol–water partition coefficient (Wildman–Crippen LogP) is 6.05. The molecule has 6 heteroatoms. The van der Waals surface area contributed by atoms with Crippen LogP contribution in [0.5, 0.6) is 5.75 Å². The number of amides is 1. The number of para-hydroxylation sites is 1. The number of carbonyl (C=O) groups excluding carboxylic acids is 1. The van der Waals surface area contributed by atoms with Gasteiger partial charge in [0.25, 0.3) is 0 Å². The molecule has 1 fully saturated rings. The summed E-state index contributed by atoms with van der Waals surface area (Å²) in [4.78, 5) is 17.3. The first-order chi connectivity index (χ1) is 17.2. The Morgan fingerprint density at radius 2 is 1.86 bits per heavy atom. The zero-order chi connectivity index (χ0) is 24.2. The highest BCUT2D eigenvalue weighted by Gasteiger charge is 2.38. The van der Waals surface area contributed by atoms with Crippen molar-refractivity contribution in [3.05, 3.63) is 106 Å². The van der Waals surface area contributed by atoms with E-state index in [0.717, 1.165) is 34.0 Å². The van der Waals surface area contributed by atoms with E-state index in [1.165, 1.54) is 5.56 Å². The summed E-state index contributed by atoms with van der Waals surface area (Å²) in [5.41, 5.74) is 5.10. The maximum absolute atomic E-state index is 13.3. The molecular formula is C29H27N3O2S. The van der Waals surface area contributed by atoms with Crippen LogP contribution in [-0.2, 0) is 17.8 Å². The molecule has 2 heterocycles. The second-order valence-corrected chi connectivity index (χ2v) is 9.63. The summed E-state index contributed by atoms with van der Waals surface area (Å²) in [7, 11) is 0. The van der Waals surface area contributed by atoms with Gasteiger partial charge in [-0.1, -0.05) is 79.3 Å². The lowest BCUT2D eigenvalue weighted by Gasteiger charge is -2.42. The summed E-state index contributed by atoms with van der Waals surface area (Å²) in [6, 6.07) is 28.6. The zero-order valence-corrected chi connectivity index (χ0v) is 20.5. The maximum atomic E-state index is 13.3. The van der Waals surface area contributed by atoms with E-state index in [1.807, 2.05) is 66.7 Å². The molecule has 5 nitrogen and oxygen atoms in total. The molecule has 0 bridgehead atoms. The highest BCUT2D eigenvalue weighted by atomic mass is 32.2. The Kier molecular flexibility index (Phi) is 6.78. The molecule has 2 aliphatic heterocycles. The van der Waals surface area contributed by atoms with Crippen molar-refractivity contribution in [3.8, 4) is 11.8 Å². The molecule has 35 heavy (non-hydrogen) atoms. The molecule has 0 N–H and O–H groups in total. The average molecular weight is 482 g/mol. The number of ether oxygens (including phenoxy) is 1. The van der Waals surface area contributed by atoms with Gasteiger partial charge in [0.2, 0.25) is 5.91 Å². The second kappa shape index (κ2) is 10.3. The fourth-order valence-electron chi connectivity index (χ4n) is 4.68. The SMILES string of the molecule is CCc1ccccc1N1CSC2=C(C#N)[C@H](c3cccc(OCc4ccccc4)c3)CC(=O)N2C1. The van der Waals surface area contributed by atoms with Crippen molar-refractivity contribution in [1.29, 1.82) is 5.26 Å². The Bertz CT molecular complexity index is 1300. The van der Waals surface area contributed by atoms with Gasteiger partial charge in [0.15, 0.2) is 0 Å². The molecule has 176 valence electrons. The minimum atomic E-state index is -0.263. The van der Waals surface area contributed by atoms with E-state index < -0.39 is 0 Å². The van der Waals surface area contributed by atoms with Gasteiger partial charge in [0, 0.05) is 18.0 Å². The predicted molar refractivity (Wildman–Crippen MR) is 140 cm³/mol. The first-order valence-corrected chi connectivity index (χ1v) is 12.8. The fraction of sp³-hybridized carbons (Fsp3) is 0.241. The molecule has 5 rings (SSSR count). The van der Waals surface area contributed by atoms with Crippen LogP contribution in [0.1, 0.15) is 36.0 Å². The van der Waals surface area contributed by atoms with Crippen LogP contribution in [0.4, 0.5) is 5.69 Å². The fourth-order valence-corrected chi connectivity index (χ4v) is 5.84. The maximum Gasteiger partial charge on any atom is 0.229 e. The number of hydrogen-bond donors (Lipinski definition) is 0. The minimum Gasteiger partial charge on any atom is -0.489 e. The highest BCUT2D eigenvalue weighted by molar-refractivity contribution is 8.03. The van der Waals surface area contributed by atoms with Gasteiger partial charge in [0.05, 0.1) is 29.2 Å². The van der Waals surface area contributed by atoms with Crippen LogP contribution in [0.3, 0.4) is 0 Å². The molecular weight excluding hydrogens is 454 g/mol. The lowest BCUT2D eigenvalue weighted by molar-refractivity contribution is -0.129. The van der Waals surface area contributed by atoms with Crippen molar-refractivity contribution < 1.29 is 9.53 Å². The van der Waals surface area contributed by atoms with Crippen LogP contribution in [-0.4, -0.2) is 23.4 Å². The number of anilines is 1. The molecule has 3 aromatic rings. The van der Waals surface area contributed by atoms with Gasteiger partial charge < -0.3 is 9.64 Å². The Morgan fingerprint density at radius 1 is 1.06 bits per heavy atom. The van der Waals surface area contributed by atoms with E-state index in [-0.39, 0.29) is 18.2 Å². The standard InChI is InChI=1S/C29H27N3O2S/c1-2-22-11-6-7-14-27(22)31-19-32-28(33)16-25(26(17-30)29(32)35-20-31)23-12-8-13-24(15-23)34-18-21-9-4-3-5-10-21/h3-15,25H,2,16,18-20H2,1H3/t25-/m0/s1. The van der Waals surface area contributed by atoms with Crippen molar-refractivity contribution in [2.45, 2.75) is 32.3 Å². The summed E-state index contributed by atoms with van der Waals surface area (Å²) < 4.78 is 6.00. The molecule has 0 spiro atoms. The average Bonchev–Trinajstić information content (AvgIpc) is 2.92. The summed E-state index contributed by atoms with van der Waals surface area (Å²) in [5, 5.41) is 10.9. The lowest BCUT2D eigenvalue weighted by Crippen LogP contribution is -2.47. The Labute approximate surface area is 210 Å². The van der Waals surface area contributed by atoms with Gasteiger partial charge in [-0.2, -0.15) is 5.26 Å². The molecule has 2 aliphatic rings. The van der Waals surface area contributed by atoms with Gasteiger partial charge in [-0.15, -0.1) is 0 Å². The summed E-state index contributed by atoms with van der Waals surface area (Å²) in [5.74, 6) is 1.22. The number of fused-ring (bicyclic) bond motifs is 1. The third kappa shape index (κ3) is 4.78. The first kappa shape index (κ1) is 23.1. The van der Waals surface area contributed by atoms with Crippen LogP contribution in [0, 0.1) is 11.3 Å². The normalized spacial score (nSPS) is 17.7. The monoisotopic (exact) mass is 481 g/mol. The van der Waals surface area contributed by atoms with Crippen LogP contribution in [0.2, 0.25) is 0 Å². The number of hydrogen-bond acceptors (Lipinski definition) is 5. The van der Waals surface area contributed by atoms with Crippen molar-refractivity contribution >= 4 is 23.4 Å². The van der Waals surface area contributed by atoms with E-state index in [4.69, 9.17) is 4.74 Å². The van der Waals surface area contributed by atoms with Crippen molar-refractivity contribution in [1.82, 2.24) is 4.90 Å². The molecule has 3 aromatic carbocycles. The van der Waals surface area contributed by atoms with Crippen LogP contribution < -0.4 is 9.64 Å². The number of nitriles is 1. The number of nitrogens with zero attached hydrogens (tertiary/aromatic N) is 3. The van der Waals surface area contributed by atoms with Gasteiger partial charge in [-0.05, 0) is 41.3 Å². The molecule has 0 unspecified atom stereocenters. The number of carbonyl (C=O) groups is 1. The van der Waals surface area contributed by atoms with Crippen molar-refractivity contribution in [2.24, 2.45) is 0 Å². The topological polar surface area (TPSA) is 56.6 Å². The Balaban J connectivity index is 1.38. The van der Waals surface area contributed by atoms with Gasteiger partial charge >= 0.3 is 0 Å². The summed E-state index contributed by atoms with van der Waals surface area (Å²) in [6.45, 7) is 3.08. The molecule has 1 atom stereocenters. The molecule has 0 aliphatic carbocycles. The van der Waals surface area contributed by atoms with E-state index in [1.54, 1.807) is 16.7 Å². The van der Waals surface area contributed by atoms with E-state index in [9.17, 15) is 10.1 Å². The zero-order valence-electron chi connectivity index (χ0n) is 19.7. The quantitative estimate of drug-likeness (QED) is 0.429. The minimum absolute atomic E-state index is 0.0470. The van der Waals surface area contributed by atoms with Gasteiger partial charge in [-0.3, -0.25) is 9.69 Å². The molecule has 0 radical (unpaired) electrons. The number of allylic oxidation sites excluding steroid dienone is 1. The third-order valence-corrected chi connectivity index (χ3v) is 7.67. The number of benzene rings is 3. The summed E-state index contributed by atoms with van der Waals surface area (Å²) in [6.07, 6.45) is 1.21. The van der Waals surface area contributed by atoms with E-state index >= 15 is 0 Å². The Morgan fingerprint density at radius 3 is 2.66 bits per heavy atom. The second-order valence-electron chi connectivity index (χ2n) is 8.69. The largest absolute Gasteiger partial charge is 0.489 e. The number of aryl methyl sites for hydroxylation is 1. The van der Waals surface area contributed by atoms with Crippen LogP contribution in [0.25, 0.3) is 0 Å². The smallest absolute Gasteiger partial charge is 0.229 e. The van der Waals surface area contributed by atoms with Crippen molar-refractivity contribution in [3.63, 3.8) is 0 Å². The molecule has 1 saturated heterocycles. The summed E-state index contributed by atoms with van der Waals surface area (Å²) >= 11 is 1.57. The molecule has 1 amide bonds. The Hall–Kier alpha value is -3.69. The number of thioether (sulfide) groups is 1. The van der Waals surface area contributed by atoms with E-state index in [0.29, 0.717) is 24.7 Å². The van der Waals surface area contributed by atoms with Crippen LogP contribution in [0.15, 0.2) is 89.5 Å². The molecule has 0 saturated carbocycles.